The Morgan fingerprint density at radius 3 is 2.15 bits per heavy atom. The van der Waals surface area contributed by atoms with Crippen LogP contribution in [-0.4, -0.2) is 11.8 Å². The molecule has 4 nitrogen and oxygen atoms in total. The number of esters is 1. The fraction of sp³-hybridized carbons (Fsp3) is 0.103. The maximum Gasteiger partial charge on any atom is 0.339 e. The van der Waals surface area contributed by atoms with Crippen LogP contribution < -0.4 is 4.74 Å². The lowest BCUT2D eigenvalue weighted by molar-refractivity contribution is 0.0280. The number of ether oxygens (including phenoxy) is 2. The Morgan fingerprint density at radius 2 is 1.47 bits per heavy atom. The number of Topliss-reactive ketones (excluding diaryl/α,β-unsaturated/α-hetero) is 1. The second kappa shape index (κ2) is 10.8. The van der Waals surface area contributed by atoms with Gasteiger partial charge in [0.1, 0.15) is 12.4 Å². The Kier molecular flexibility index (Phi) is 7.41. The standard InChI is InChI=1S/C29H23ClO4/c1-20-6-5-9-26(18-20)33-19-21-10-12-24(13-11-21)29(32)34-28(23-7-3-2-4-8-23)27(31)22-14-16-25(30)17-15-22/h2-18,28H,19H2,1H3/t28-/m0/s1. The van der Waals surface area contributed by atoms with E-state index in [4.69, 9.17) is 21.1 Å². The number of halogens is 1. The van der Waals surface area contributed by atoms with Crippen LogP contribution in [0.2, 0.25) is 5.02 Å². The van der Waals surface area contributed by atoms with E-state index in [1.54, 1.807) is 60.7 Å². The fourth-order valence-corrected chi connectivity index (χ4v) is 3.58. The zero-order valence-electron chi connectivity index (χ0n) is 18.6. The molecule has 0 N–H and O–H groups in total. The number of aryl methyl sites for hydroxylation is 1. The van der Waals surface area contributed by atoms with Gasteiger partial charge in [0.25, 0.3) is 0 Å². The molecule has 0 aliphatic rings. The first-order valence-corrected chi connectivity index (χ1v) is 11.2. The van der Waals surface area contributed by atoms with Gasteiger partial charge in [-0.05, 0) is 66.6 Å². The highest BCUT2D eigenvalue weighted by molar-refractivity contribution is 6.30. The summed E-state index contributed by atoms with van der Waals surface area (Å²) in [4.78, 5) is 26.1. The van der Waals surface area contributed by atoms with Gasteiger partial charge in [0.05, 0.1) is 5.56 Å². The average molecular weight is 471 g/mol. The summed E-state index contributed by atoms with van der Waals surface area (Å²) in [6, 6.07) is 30.3. The van der Waals surface area contributed by atoms with Crippen LogP contribution in [-0.2, 0) is 11.3 Å². The summed E-state index contributed by atoms with van der Waals surface area (Å²) in [5, 5.41) is 0.524. The molecular formula is C29H23ClO4. The Labute approximate surface area is 203 Å². The van der Waals surface area contributed by atoms with Crippen molar-refractivity contribution < 1.29 is 19.1 Å². The van der Waals surface area contributed by atoms with Crippen LogP contribution in [0.25, 0.3) is 0 Å². The number of carbonyl (C=O) groups is 2. The first-order valence-electron chi connectivity index (χ1n) is 10.8. The number of ketones is 1. The summed E-state index contributed by atoms with van der Waals surface area (Å²) in [6.07, 6.45) is -1.07. The molecule has 5 heteroatoms. The number of benzene rings is 4. The predicted molar refractivity (Wildman–Crippen MR) is 132 cm³/mol. The molecule has 1 atom stereocenters. The summed E-state index contributed by atoms with van der Waals surface area (Å²) >= 11 is 5.95. The summed E-state index contributed by atoms with van der Waals surface area (Å²) in [7, 11) is 0. The molecule has 0 saturated heterocycles. The van der Waals surface area contributed by atoms with Gasteiger partial charge < -0.3 is 9.47 Å². The van der Waals surface area contributed by atoms with Gasteiger partial charge >= 0.3 is 5.97 Å². The quantitative estimate of drug-likeness (QED) is 0.205. The highest BCUT2D eigenvalue weighted by Crippen LogP contribution is 2.25. The monoisotopic (exact) mass is 470 g/mol. The summed E-state index contributed by atoms with van der Waals surface area (Å²) < 4.78 is 11.5. The predicted octanol–water partition coefficient (Wildman–Crippen LogP) is 7.01. The minimum atomic E-state index is -1.07. The Balaban J connectivity index is 1.47. The van der Waals surface area contributed by atoms with E-state index in [9.17, 15) is 9.59 Å². The highest BCUT2D eigenvalue weighted by Gasteiger charge is 2.26. The zero-order valence-corrected chi connectivity index (χ0v) is 19.4. The van der Waals surface area contributed by atoms with Crippen molar-refractivity contribution in [3.63, 3.8) is 0 Å². The van der Waals surface area contributed by atoms with Crippen molar-refractivity contribution in [3.8, 4) is 5.75 Å². The normalized spacial score (nSPS) is 11.5. The third kappa shape index (κ3) is 5.91. The molecule has 0 amide bonds. The zero-order chi connectivity index (χ0) is 23.9. The van der Waals surface area contributed by atoms with Crippen molar-refractivity contribution in [1.29, 1.82) is 0 Å². The smallest absolute Gasteiger partial charge is 0.339 e. The third-order valence-corrected chi connectivity index (χ3v) is 5.53. The molecule has 0 spiro atoms. The van der Waals surface area contributed by atoms with E-state index in [0.717, 1.165) is 16.9 Å². The van der Waals surface area contributed by atoms with Crippen molar-refractivity contribution in [2.45, 2.75) is 19.6 Å². The van der Waals surface area contributed by atoms with E-state index >= 15 is 0 Å². The minimum absolute atomic E-state index is 0.320. The van der Waals surface area contributed by atoms with Crippen LogP contribution in [0.15, 0.2) is 103 Å². The molecule has 0 bridgehead atoms. The highest BCUT2D eigenvalue weighted by atomic mass is 35.5. The molecule has 4 aromatic carbocycles. The summed E-state index contributed by atoms with van der Waals surface area (Å²) in [5.74, 6) is -0.114. The number of hydrogen-bond donors (Lipinski definition) is 0. The van der Waals surface area contributed by atoms with Crippen LogP contribution in [0.1, 0.15) is 43.5 Å². The molecule has 0 radical (unpaired) electrons. The van der Waals surface area contributed by atoms with E-state index < -0.39 is 12.1 Å². The summed E-state index contributed by atoms with van der Waals surface area (Å²) in [6.45, 7) is 2.38. The largest absolute Gasteiger partial charge is 0.489 e. The molecule has 0 aliphatic heterocycles. The molecule has 4 rings (SSSR count). The lowest BCUT2D eigenvalue weighted by atomic mass is 9.99. The van der Waals surface area contributed by atoms with Gasteiger partial charge in [0.2, 0.25) is 5.78 Å². The minimum Gasteiger partial charge on any atom is -0.489 e. The van der Waals surface area contributed by atoms with Crippen molar-refractivity contribution in [2.24, 2.45) is 0 Å². The summed E-state index contributed by atoms with van der Waals surface area (Å²) in [5.41, 5.74) is 3.39. The van der Waals surface area contributed by atoms with Gasteiger partial charge in [-0.25, -0.2) is 4.79 Å². The second-order valence-corrected chi connectivity index (χ2v) is 8.31. The second-order valence-electron chi connectivity index (χ2n) is 7.87. The van der Waals surface area contributed by atoms with Crippen LogP contribution in [0.5, 0.6) is 5.75 Å². The first-order chi connectivity index (χ1) is 16.5. The van der Waals surface area contributed by atoms with Crippen LogP contribution >= 0.6 is 11.6 Å². The van der Waals surface area contributed by atoms with Crippen LogP contribution in [0.4, 0.5) is 0 Å². The van der Waals surface area contributed by atoms with Crippen molar-refractivity contribution in [2.75, 3.05) is 0 Å². The number of hydrogen-bond acceptors (Lipinski definition) is 4. The van der Waals surface area contributed by atoms with Gasteiger partial charge in [0.15, 0.2) is 6.10 Å². The van der Waals surface area contributed by atoms with Crippen molar-refractivity contribution in [1.82, 2.24) is 0 Å². The van der Waals surface area contributed by atoms with Crippen molar-refractivity contribution >= 4 is 23.4 Å². The maximum absolute atomic E-state index is 13.2. The molecular weight excluding hydrogens is 448 g/mol. The van der Waals surface area contributed by atoms with E-state index in [-0.39, 0.29) is 5.78 Å². The SMILES string of the molecule is Cc1cccc(OCc2ccc(C(=O)O[C@H](C(=O)c3ccc(Cl)cc3)c3ccccc3)cc2)c1. The maximum atomic E-state index is 13.2. The Morgan fingerprint density at radius 1 is 0.794 bits per heavy atom. The molecule has 0 saturated carbocycles. The van der Waals surface area contributed by atoms with E-state index in [0.29, 0.717) is 28.3 Å². The third-order valence-electron chi connectivity index (χ3n) is 5.28. The Hall–Kier alpha value is -3.89. The molecule has 170 valence electrons. The Bertz CT molecular complexity index is 1270. The van der Waals surface area contributed by atoms with Crippen LogP contribution in [0.3, 0.4) is 0 Å². The first kappa shape index (κ1) is 23.3. The molecule has 4 aromatic rings. The molecule has 0 aliphatic carbocycles. The van der Waals surface area contributed by atoms with Crippen LogP contribution in [0, 0.1) is 6.92 Å². The van der Waals surface area contributed by atoms with Crippen molar-refractivity contribution in [3.05, 3.63) is 136 Å². The number of carbonyl (C=O) groups excluding carboxylic acids is 2. The van der Waals surface area contributed by atoms with Gasteiger partial charge in [-0.15, -0.1) is 0 Å². The van der Waals surface area contributed by atoms with Gasteiger partial charge in [-0.2, -0.15) is 0 Å². The lowest BCUT2D eigenvalue weighted by Crippen LogP contribution is -2.20. The molecule has 0 heterocycles. The number of rotatable bonds is 8. The van der Waals surface area contributed by atoms with E-state index in [2.05, 4.69) is 0 Å². The van der Waals surface area contributed by atoms with Gasteiger partial charge in [-0.3, -0.25) is 4.79 Å². The van der Waals surface area contributed by atoms with E-state index in [1.807, 2.05) is 49.4 Å². The fourth-order valence-electron chi connectivity index (χ4n) is 3.45. The lowest BCUT2D eigenvalue weighted by Gasteiger charge is -2.18. The topological polar surface area (TPSA) is 52.6 Å². The van der Waals surface area contributed by atoms with Gasteiger partial charge in [-0.1, -0.05) is 66.2 Å². The molecule has 0 aromatic heterocycles. The van der Waals surface area contributed by atoms with Gasteiger partial charge in [0, 0.05) is 16.1 Å². The average Bonchev–Trinajstić information content (AvgIpc) is 2.87. The molecule has 0 fully saturated rings. The molecule has 34 heavy (non-hydrogen) atoms. The molecule has 0 unspecified atom stereocenters. The van der Waals surface area contributed by atoms with E-state index in [1.165, 1.54) is 0 Å².